The van der Waals surface area contributed by atoms with Crippen LogP contribution in [0.5, 0.6) is 5.75 Å². The van der Waals surface area contributed by atoms with Crippen LogP contribution in [0, 0.1) is 0 Å². The Hall–Kier alpha value is -0.740. The fourth-order valence-electron chi connectivity index (χ4n) is 1.98. The molecule has 0 aliphatic rings. The van der Waals surface area contributed by atoms with Crippen LogP contribution in [0.1, 0.15) is 17.2 Å². The summed E-state index contributed by atoms with van der Waals surface area (Å²) < 4.78 is 6.15. The predicted molar refractivity (Wildman–Crippen MR) is 85.8 cm³/mol. The zero-order valence-electron chi connectivity index (χ0n) is 10.7. The highest BCUT2D eigenvalue weighted by Gasteiger charge is 2.16. The van der Waals surface area contributed by atoms with Gasteiger partial charge in [-0.05, 0) is 42.0 Å². The summed E-state index contributed by atoms with van der Waals surface area (Å²) in [5.74, 6) is 0.638. The first-order valence-corrected chi connectivity index (χ1v) is 7.51. The SMILES string of the molecule is COc1ccc(Br)cc1C(O)Cc1cc(Cl)ccc1Cl. The molecule has 2 aromatic carbocycles. The van der Waals surface area contributed by atoms with Gasteiger partial charge in [0.25, 0.3) is 0 Å². The Morgan fingerprint density at radius 3 is 2.65 bits per heavy atom. The number of halogens is 3. The van der Waals surface area contributed by atoms with Crippen molar-refractivity contribution in [3.63, 3.8) is 0 Å². The summed E-state index contributed by atoms with van der Waals surface area (Å²) in [6, 6.07) is 10.7. The molecule has 0 aromatic heterocycles. The first-order valence-electron chi connectivity index (χ1n) is 5.96. The van der Waals surface area contributed by atoms with E-state index in [4.69, 9.17) is 27.9 Å². The van der Waals surface area contributed by atoms with Crippen molar-refractivity contribution in [1.82, 2.24) is 0 Å². The van der Waals surface area contributed by atoms with Crippen molar-refractivity contribution in [2.24, 2.45) is 0 Å². The Morgan fingerprint density at radius 2 is 1.95 bits per heavy atom. The summed E-state index contributed by atoms with van der Waals surface area (Å²) in [7, 11) is 1.58. The minimum absolute atomic E-state index is 0.367. The van der Waals surface area contributed by atoms with Gasteiger partial charge in [-0.2, -0.15) is 0 Å². The number of rotatable bonds is 4. The second-order valence-electron chi connectivity index (χ2n) is 4.34. The lowest BCUT2D eigenvalue weighted by atomic mass is 10.0. The van der Waals surface area contributed by atoms with E-state index in [1.807, 2.05) is 18.2 Å². The van der Waals surface area contributed by atoms with E-state index in [2.05, 4.69) is 15.9 Å². The summed E-state index contributed by atoms with van der Waals surface area (Å²) in [6.45, 7) is 0. The third-order valence-electron chi connectivity index (χ3n) is 2.97. The lowest BCUT2D eigenvalue weighted by molar-refractivity contribution is 0.174. The molecule has 1 atom stereocenters. The lowest BCUT2D eigenvalue weighted by Gasteiger charge is -2.16. The Kier molecular flexibility index (Phi) is 5.33. The van der Waals surface area contributed by atoms with Crippen LogP contribution >= 0.6 is 39.1 Å². The van der Waals surface area contributed by atoms with E-state index in [0.717, 1.165) is 10.0 Å². The molecule has 1 N–H and O–H groups in total. The normalized spacial score (nSPS) is 12.2. The van der Waals surface area contributed by atoms with Crippen molar-refractivity contribution in [1.29, 1.82) is 0 Å². The molecule has 2 rings (SSSR count). The van der Waals surface area contributed by atoms with Crippen LogP contribution in [0.25, 0.3) is 0 Å². The molecule has 1 unspecified atom stereocenters. The van der Waals surface area contributed by atoms with E-state index in [1.165, 1.54) is 0 Å². The fraction of sp³-hybridized carbons (Fsp3) is 0.200. The molecule has 0 saturated carbocycles. The van der Waals surface area contributed by atoms with Crippen LogP contribution in [0.2, 0.25) is 10.0 Å². The molecule has 2 aromatic rings. The molecule has 0 saturated heterocycles. The number of hydrogen-bond acceptors (Lipinski definition) is 2. The molecule has 0 aliphatic carbocycles. The summed E-state index contributed by atoms with van der Waals surface area (Å²) in [4.78, 5) is 0. The number of aliphatic hydroxyl groups is 1. The third kappa shape index (κ3) is 3.67. The van der Waals surface area contributed by atoms with E-state index in [-0.39, 0.29) is 0 Å². The molecular formula is C15H13BrCl2O2. The largest absolute Gasteiger partial charge is 0.496 e. The minimum Gasteiger partial charge on any atom is -0.496 e. The van der Waals surface area contributed by atoms with Gasteiger partial charge in [-0.25, -0.2) is 0 Å². The van der Waals surface area contributed by atoms with Gasteiger partial charge in [0.15, 0.2) is 0 Å². The van der Waals surface area contributed by atoms with Crippen molar-refractivity contribution in [2.75, 3.05) is 7.11 Å². The van der Waals surface area contributed by atoms with Gasteiger partial charge in [0.2, 0.25) is 0 Å². The highest BCUT2D eigenvalue weighted by molar-refractivity contribution is 9.10. The Bertz CT molecular complexity index is 617. The maximum Gasteiger partial charge on any atom is 0.124 e. The molecule has 5 heteroatoms. The zero-order chi connectivity index (χ0) is 14.7. The Morgan fingerprint density at radius 1 is 1.20 bits per heavy atom. The van der Waals surface area contributed by atoms with Gasteiger partial charge in [0, 0.05) is 26.5 Å². The quantitative estimate of drug-likeness (QED) is 0.810. The van der Waals surface area contributed by atoms with Crippen molar-refractivity contribution in [3.05, 3.63) is 62.0 Å². The van der Waals surface area contributed by atoms with Gasteiger partial charge in [-0.1, -0.05) is 39.1 Å². The molecule has 0 aliphatic heterocycles. The van der Waals surface area contributed by atoms with E-state index >= 15 is 0 Å². The summed E-state index contributed by atoms with van der Waals surface area (Å²) >= 11 is 15.5. The molecule has 2 nitrogen and oxygen atoms in total. The van der Waals surface area contributed by atoms with Crippen LogP contribution < -0.4 is 4.74 Å². The molecule has 0 amide bonds. The first-order chi connectivity index (χ1) is 9.51. The van der Waals surface area contributed by atoms with Crippen molar-refractivity contribution in [3.8, 4) is 5.75 Å². The van der Waals surface area contributed by atoms with Crippen LogP contribution in [0.3, 0.4) is 0 Å². The van der Waals surface area contributed by atoms with Crippen molar-refractivity contribution >= 4 is 39.1 Å². The minimum atomic E-state index is -0.724. The highest BCUT2D eigenvalue weighted by atomic mass is 79.9. The Labute approximate surface area is 136 Å². The van der Waals surface area contributed by atoms with Crippen LogP contribution in [-0.2, 0) is 6.42 Å². The van der Waals surface area contributed by atoms with E-state index in [9.17, 15) is 5.11 Å². The van der Waals surface area contributed by atoms with Gasteiger partial charge in [0.1, 0.15) is 5.75 Å². The summed E-state index contributed by atoms with van der Waals surface area (Å²) in [5, 5.41) is 11.6. The van der Waals surface area contributed by atoms with Gasteiger partial charge in [-0.3, -0.25) is 0 Å². The molecule has 0 bridgehead atoms. The van der Waals surface area contributed by atoms with Gasteiger partial charge < -0.3 is 9.84 Å². The topological polar surface area (TPSA) is 29.5 Å². The van der Waals surface area contributed by atoms with Gasteiger partial charge in [-0.15, -0.1) is 0 Å². The number of ether oxygens (including phenoxy) is 1. The maximum atomic E-state index is 10.4. The van der Waals surface area contributed by atoms with Crippen molar-refractivity contribution in [2.45, 2.75) is 12.5 Å². The van der Waals surface area contributed by atoms with Gasteiger partial charge >= 0.3 is 0 Å². The van der Waals surface area contributed by atoms with Crippen LogP contribution in [0.15, 0.2) is 40.9 Å². The van der Waals surface area contributed by atoms with Crippen LogP contribution in [-0.4, -0.2) is 12.2 Å². The fourth-order valence-corrected chi connectivity index (χ4v) is 2.75. The molecular weight excluding hydrogens is 363 g/mol. The van der Waals surface area contributed by atoms with Crippen LogP contribution in [0.4, 0.5) is 0 Å². The number of aliphatic hydroxyl groups excluding tert-OH is 1. The number of benzene rings is 2. The van der Waals surface area contributed by atoms with E-state index in [0.29, 0.717) is 27.8 Å². The lowest BCUT2D eigenvalue weighted by Crippen LogP contribution is -2.04. The Balaban J connectivity index is 2.30. The molecule has 20 heavy (non-hydrogen) atoms. The van der Waals surface area contributed by atoms with E-state index in [1.54, 1.807) is 25.3 Å². The molecule has 0 heterocycles. The smallest absolute Gasteiger partial charge is 0.124 e. The number of methoxy groups -OCH3 is 1. The molecule has 106 valence electrons. The first kappa shape index (κ1) is 15.6. The summed E-state index contributed by atoms with van der Waals surface area (Å²) in [6.07, 6.45) is -0.356. The van der Waals surface area contributed by atoms with Gasteiger partial charge in [0.05, 0.1) is 13.2 Å². The second-order valence-corrected chi connectivity index (χ2v) is 6.10. The molecule has 0 fully saturated rings. The zero-order valence-corrected chi connectivity index (χ0v) is 13.8. The average molecular weight is 376 g/mol. The van der Waals surface area contributed by atoms with E-state index < -0.39 is 6.10 Å². The maximum absolute atomic E-state index is 10.4. The standard InChI is InChI=1S/C15H13BrCl2O2/c1-20-15-5-2-10(16)8-12(15)14(19)7-9-6-11(17)3-4-13(9)18/h2-6,8,14,19H,7H2,1H3. The third-order valence-corrected chi connectivity index (χ3v) is 4.07. The monoisotopic (exact) mass is 374 g/mol. The second kappa shape index (κ2) is 6.81. The molecule has 0 spiro atoms. The number of hydrogen-bond donors (Lipinski definition) is 1. The average Bonchev–Trinajstić information content (AvgIpc) is 2.42. The molecule has 0 radical (unpaired) electrons. The summed E-state index contributed by atoms with van der Waals surface area (Å²) in [5.41, 5.74) is 1.51. The van der Waals surface area contributed by atoms with Crippen molar-refractivity contribution < 1.29 is 9.84 Å². The highest BCUT2D eigenvalue weighted by Crippen LogP contribution is 2.32. The predicted octanol–water partition coefficient (Wildman–Crippen LogP) is 5.04.